The Kier molecular flexibility index (Phi) is 5.62. The number of aromatic nitrogens is 4. The molecule has 2 aromatic heterocycles. The lowest BCUT2D eigenvalue weighted by Crippen LogP contribution is -2.44. The Morgan fingerprint density at radius 1 is 1.03 bits per heavy atom. The van der Waals surface area contributed by atoms with Crippen LogP contribution in [-0.4, -0.2) is 63.6 Å². The minimum absolute atomic E-state index is 0.215. The quantitative estimate of drug-likeness (QED) is 0.472. The Morgan fingerprint density at radius 3 is 2.45 bits per heavy atom. The van der Waals surface area contributed by atoms with Crippen LogP contribution in [0.15, 0.2) is 60.9 Å². The number of amides is 1. The molecule has 0 saturated carbocycles. The Hall–Kier alpha value is -3.98. The summed E-state index contributed by atoms with van der Waals surface area (Å²) in [6.45, 7) is 4.11. The van der Waals surface area contributed by atoms with Crippen molar-refractivity contribution in [3.05, 3.63) is 77.9 Å². The van der Waals surface area contributed by atoms with Gasteiger partial charge in [-0.25, -0.2) is 4.98 Å². The molecule has 3 heterocycles. The maximum atomic E-state index is 12.3. The van der Waals surface area contributed by atoms with Crippen molar-refractivity contribution < 1.29 is 4.79 Å². The molecule has 1 saturated heterocycles. The summed E-state index contributed by atoms with van der Waals surface area (Å²) in [6.07, 6.45) is 2.12. The highest BCUT2D eigenvalue weighted by Crippen LogP contribution is 2.26. The van der Waals surface area contributed by atoms with E-state index >= 15 is 0 Å². The molecule has 4 aromatic rings. The van der Waals surface area contributed by atoms with Crippen LogP contribution in [0.4, 0.5) is 17.2 Å². The van der Waals surface area contributed by atoms with Gasteiger partial charge in [0, 0.05) is 44.0 Å². The van der Waals surface area contributed by atoms with Crippen molar-refractivity contribution in [1.82, 2.24) is 24.5 Å². The SMILES string of the molecule is CN1CCN(c2ccc(Nc3nc(Cc4ccccc4)n4cnnc4c3C(N)=O)cc2)CC1. The average Bonchev–Trinajstić information content (AvgIpc) is 3.31. The number of nitrogens with one attached hydrogen (secondary N) is 1. The summed E-state index contributed by atoms with van der Waals surface area (Å²) in [6, 6.07) is 18.1. The van der Waals surface area contributed by atoms with Crippen LogP contribution in [0.2, 0.25) is 0 Å². The van der Waals surface area contributed by atoms with Gasteiger partial charge in [-0.05, 0) is 36.9 Å². The van der Waals surface area contributed by atoms with E-state index in [9.17, 15) is 4.79 Å². The molecule has 0 unspecified atom stereocenters. The van der Waals surface area contributed by atoms with E-state index in [0.29, 0.717) is 23.7 Å². The number of nitrogens with zero attached hydrogens (tertiary/aromatic N) is 6. The van der Waals surface area contributed by atoms with E-state index < -0.39 is 5.91 Å². The maximum absolute atomic E-state index is 12.3. The van der Waals surface area contributed by atoms with Crippen LogP contribution < -0.4 is 16.0 Å². The minimum atomic E-state index is -0.608. The largest absolute Gasteiger partial charge is 0.369 e. The minimum Gasteiger partial charge on any atom is -0.369 e. The number of benzene rings is 2. The number of nitrogens with two attached hydrogens (primary N) is 1. The topological polar surface area (TPSA) is 105 Å². The van der Waals surface area contributed by atoms with Gasteiger partial charge in [0.05, 0.1) is 0 Å². The lowest BCUT2D eigenvalue weighted by molar-refractivity contribution is 0.100. The molecule has 0 radical (unpaired) electrons. The Balaban J connectivity index is 1.47. The first-order valence-electron chi connectivity index (χ1n) is 11.0. The number of fused-ring (bicyclic) bond motifs is 1. The number of piperazine rings is 1. The van der Waals surface area contributed by atoms with E-state index in [0.717, 1.165) is 37.4 Å². The standard InChI is InChI=1S/C24H26N8O/c1-30-11-13-31(14-12-30)19-9-7-18(8-10-19)27-23-21(22(25)33)24-29-26-16-32(24)20(28-23)15-17-5-3-2-4-6-17/h2-10,16,27H,11-15H2,1H3,(H2,25,33). The van der Waals surface area contributed by atoms with E-state index in [1.807, 2.05) is 42.5 Å². The summed E-state index contributed by atoms with van der Waals surface area (Å²) in [5.74, 6) is 0.479. The molecule has 1 aliphatic heterocycles. The molecule has 1 aliphatic rings. The summed E-state index contributed by atoms with van der Waals surface area (Å²) in [4.78, 5) is 21.8. The zero-order chi connectivity index (χ0) is 22.8. The van der Waals surface area contributed by atoms with Gasteiger partial charge >= 0.3 is 0 Å². The lowest BCUT2D eigenvalue weighted by Gasteiger charge is -2.34. The monoisotopic (exact) mass is 442 g/mol. The smallest absolute Gasteiger partial charge is 0.256 e. The summed E-state index contributed by atoms with van der Waals surface area (Å²) in [7, 11) is 2.14. The zero-order valence-corrected chi connectivity index (χ0v) is 18.5. The first-order chi connectivity index (χ1) is 16.1. The van der Waals surface area contributed by atoms with E-state index in [2.05, 4.69) is 44.5 Å². The summed E-state index contributed by atoms with van der Waals surface area (Å²) >= 11 is 0. The third kappa shape index (κ3) is 4.35. The van der Waals surface area contributed by atoms with Gasteiger partial charge in [-0.2, -0.15) is 0 Å². The summed E-state index contributed by atoms with van der Waals surface area (Å²) < 4.78 is 1.72. The summed E-state index contributed by atoms with van der Waals surface area (Å²) in [5, 5.41) is 11.4. The van der Waals surface area contributed by atoms with Gasteiger partial charge in [-0.3, -0.25) is 9.20 Å². The number of hydrogen-bond donors (Lipinski definition) is 2. The van der Waals surface area contributed by atoms with Crippen molar-refractivity contribution in [2.45, 2.75) is 6.42 Å². The van der Waals surface area contributed by atoms with Gasteiger partial charge in [0.1, 0.15) is 23.5 Å². The van der Waals surface area contributed by atoms with Crippen LogP contribution >= 0.6 is 0 Å². The van der Waals surface area contributed by atoms with Gasteiger partial charge in [-0.1, -0.05) is 30.3 Å². The predicted octanol–water partition coefficient (Wildman–Crippen LogP) is 2.31. The molecular formula is C24H26N8O. The fourth-order valence-electron chi connectivity index (χ4n) is 4.12. The Labute approximate surface area is 191 Å². The second kappa shape index (κ2) is 8.87. The van der Waals surface area contributed by atoms with Gasteiger partial charge in [-0.15, -0.1) is 10.2 Å². The second-order valence-electron chi connectivity index (χ2n) is 8.27. The second-order valence-corrected chi connectivity index (χ2v) is 8.27. The third-order valence-corrected chi connectivity index (χ3v) is 5.98. The predicted molar refractivity (Wildman–Crippen MR) is 128 cm³/mol. The fraction of sp³-hybridized carbons (Fsp3) is 0.250. The van der Waals surface area contributed by atoms with Crippen LogP contribution in [0.3, 0.4) is 0 Å². The first kappa shape index (κ1) is 20.9. The van der Waals surface area contributed by atoms with Crippen molar-refractivity contribution in [3.8, 4) is 0 Å². The van der Waals surface area contributed by atoms with Crippen LogP contribution in [-0.2, 0) is 6.42 Å². The van der Waals surface area contributed by atoms with Gasteiger partial charge < -0.3 is 20.9 Å². The highest BCUT2D eigenvalue weighted by molar-refractivity contribution is 6.03. The van der Waals surface area contributed by atoms with Crippen molar-refractivity contribution in [1.29, 1.82) is 0 Å². The molecule has 5 rings (SSSR count). The molecule has 0 atom stereocenters. The van der Waals surface area contributed by atoms with Crippen LogP contribution in [0.5, 0.6) is 0 Å². The van der Waals surface area contributed by atoms with Crippen molar-refractivity contribution in [3.63, 3.8) is 0 Å². The van der Waals surface area contributed by atoms with E-state index in [4.69, 9.17) is 10.7 Å². The molecule has 3 N–H and O–H groups in total. The summed E-state index contributed by atoms with van der Waals surface area (Å²) in [5.41, 5.74) is 9.41. The fourth-order valence-corrected chi connectivity index (χ4v) is 4.12. The number of carbonyl (C=O) groups excluding carboxylic acids is 1. The number of likely N-dealkylation sites (N-methyl/N-ethyl adjacent to an activating group) is 1. The highest BCUT2D eigenvalue weighted by atomic mass is 16.1. The molecule has 33 heavy (non-hydrogen) atoms. The molecule has 1 fully saturated rings. The van der Waals surface area contributed by atoms with Crippen LogP contribution in [0.1, 0.15) is 21.7 Å². The molecule has 1 amide bonds. The number of carbonyl (C=O) groups is 1. The van der Waals surface area contributed by atoms with Crippen LogP contribution in [0.25, 0.3) is 5.65 Å². The van der Waals surface area contributed by atoms with Gasteiger partial charge in [0.15, 0.2) is 5.65 Å². The Morgan fingerprint density at radius 2 is 1.76 bits per heavy atom. The molecular weight excluding hydrogens is 416 g/mol. The molecule has 2 aromatic carbocycles. The number of anilines is 3. The van der Waals surface area contributed by atoms with Gasteiger partial charge in [0.2, 0.25) is 0 Å². The highest BCUT2D eigenvalue weighted by Gasteiger charge is 2.21. The average molecular weight is 443 g/mol. The number of hydrogen-bond acceptors (Lipinski definition) is 7. The number of primary amides is 1. The first-order valence-corrected chi connectivity index (χ1v) is 11.0. The molecule has 9 heteroatoms. The molecule has 9 nitrogen and oxygen atoms in total. The van der Waals surface area contributed by atoms with Crippen molar-refractivity contribution in [2.75, 3.05) is 43.4 Å². The Bertz CT molecular complexity index is 1260. The molecule has 0 spiro atoms. The van der Waals surface area contributed by atoms with Crippen LogP contribution in [0, 0.1) is 0 Å². The van der Waals surface area contributed by atoms with E-state index in [1.54, 1.807) is 10.7 Å². The maximum Gasteiger partial charge on any atom is 0.256 e. The van der Waals surface area contributed by atoms with Gasteiger partial charge in [0.25, 0.3) is 5.91 Å². The zero-order valence-electron chi connectivity index (χ0n) is 18.5. The molecule has 168 valence electrons. The normalized spacial score (nSPS) is 14.5. The van der Waals surface area contributed by atoms with Crippen molar-refractivity contribution >= 4 is 28.7 Å². The molecule has 0 aliphatic carbocycles. The molecule has 0 bridgehead atoms. The van der Waals surface area contributed by atoms with Crippen molar-refractivity contribution in [2.24, 2.45) is 5.73 Å². The van der Waals surface area contributed by atoms with E-state index in [-0.39, 0.29) is 5.56 Å². The number of rotatable bonds is 6. The van der Waals surface area contributed by atoms with E-state index in [1.165, 1.54) is 5.69 Å². The lowest BCUT2D eigenvalue weighted by atomic mass is 10.1. The third-order valence-electron chi connectivity index (χ3n) is 5.98.